The van der Waals surface area contributed by atoms with Crippen molar-refractivity contribution < 1.29 is 4.79 Å². The summed E-state index contributed by atoms with van der Waals surface area (Å²) in [6, 6.07) is 0. The van der Waals surface area contributed by atoms with E-state index in [-0.39, 0.29) is 11.7 Å². The van der Waals surface area contributed by atoms with Crippen LogP contribution in [0.5, 0.6) is 0 Å². The number of nitrogens with two attached hydrogens (primary N) is 1. The number of hydrogen-bond donors (Lipinski definition) is 2. The molecule has 1 heterocycles. The summed E-state index contributed by atoms with van der Waals surface area (Å²) >= 11 is 3.19. The van der Waals surface area contributed by atoms with Crippen LogP contribution >= 0.6 is 23.1 Å². The number of Topliss-reactive ketones (excluding diaryl/α,β-unsaturated/α-hetero) is 1. The van der Waals surface area contributed by atoms with Gasteiger partial charge in [0.15, 0.2) is 5.78 Å². The Balaban J connectivity index is 1.82. The summed E-state index contributed by atoms with van der Waals surface area (Å²) in [6.07, 6.45) is 6.75. The van der Waals surface area contributed by atoms with Crippen molar-refractivity contribution in [1.29, 1.82) is 0 Å². The zero-order valence-corrected chi connectivity index (χ0v) is 12.1. The highest BCUT2D eigenvalue weighted by Gasteiger charge is 2.34. The number of thiophene rings is 1. The Hall–Kier alpha value is -0.680. The van der Waals surface area contributed by atoms with E-state index in [1.54, 1.807) is 23.1 Å². The zero-order chi connectivity index (χ0) is 12.7. The lowest BCUT2D eigenvalue weighted by Gasteiger charge is -2.04. The molecule has 2 fully saturated rings. The minimum absolute atomic E-state index is 0.247. The molecule has 3 nitrogen and oxygen atoms in total. The van der Waals surface area contributed by atoms with E-state index < -0.39 is 0 Å². The molecule has 2 aliphatic rings. The van der Waals surface area contributed by atoms with Crippen LogP contribution in [0.25, 0.3) is 0 Å². The van der Waals surface area contributed by atoms with Crippen LogP contribution < -0.4 is 11.1 Å². The Morgan fingerprint density at radius 1 is 1.44 bits per heavy atom. The molecule has 2 aliphatic carbocycles. The van der Waals surface area contributed by atoms with Crippen molar-refractivity contribution in [3.05, 3.63) is 4.88 Å². The fourth-order valence-electron chi connectivity index (χ4n) is 2.02. The van der Waals surface area contributed by atoms with Gasteiger partial charge in [-0.1, -0.05) is 0 Å². The third-order valence-corrected chi connectivity index (χ3v) is 5.66. The maximum Gasteiger partial charge on any atom is 0.178 e. The van der Waals surface area contributed by atoms with Gasteiger partial charge in [0.05, 0.1) is 15.5 Å². The molecule has 1 aromatic rings. The summed E-state index contributed by atoms with van der Waals surface area (Å²) in [7, 11) is 0. The molecule has 0 unspecified atom stereocenters. The van der Waals surface area contributed by atoms with Gasteiger partial charge < -0.3 is 11.1 Å². The highest BCUT2D eigenvalue weighted by Crippen LogP contribution is 2.45. The van der Waals surface area contributed by atoms with Crippen LogP contribution in [0.2, 0.25) is 0 Å². The first-order chi connectivity index (χ1) is 8.70. The molecular weight excluding hydrogens is 264 g/mol. The van der Waals surface area contributed by atoms with Gasteiger partial charge in [-0.25, -0.2) is 0 Å². The first kappa shape index (κ1) is 12.4. The molecule has 18 heavy (non-hydrogen) atoms. The highest BCUT2D eigenvalue weighted by atomic mass is 32.2. The van der Waals surface area contributed by atoms with E-state index in [0.29, 0.717) is 5.69 Å². The van der Waals surface area contributed by atoms with Crippen LogP contribution in [0.1, 0.15) is 35.4 Å². The monoisotopic (exact) mass is 282 g/mol. The molecule has 0 atom stereocenters. The number of nitrogen functional groups attached to an aromatic ring is 1. The number of ketones is 1. The number of anilines is 2. The van der Waals surface area contributed by atoms with Crippen LogP contribution in [-0.4, -0.2) is 18.6 Å². The van der Waals surface area contributed by atoms with Crippen molar-refractivity contribution in [3.63, 3.8) is 0 Å². The van der Waals surface area contributed by atoms with Gasteiger partial charge in [-0.2, -0.15) is 0 Å². The van der Waals surface area contributed by atoms with Crippen molar-refractivity contribution in [2.24, 2.45) is 11.8 Å². The molecule has 0 saturated heterocycles. The SMILES string of the molecule is CSc1c(NCC2CC2)sc(C(=O)C2CC2)c1N. The summed E-state index contributed by atoms with van der Waals surface area (Å²) in [5, 5.41) is 4.56. The Morgan fingerprint density at radius 3 is 2.72 bits per heavy atom. The average molecular weight is 282 g/mol. The van der Waals surface area contributed by atoms with Crippen molar-refractivity contribution in [2.75, 3.05) is 23.9 Å². The van der Waals surface area contributed by atoms with Crippen molar-refractivity contribution >= 4 is 39.6 Å². The summed E-state index contributed by atoms with van der Waals surface area (Å²) in [6.45, 7) is 1.02. The Labute approximate surface area is 116 Å². The van der Waals surface area contributed by atoms with Gasteiger partial charge in [-0.15, -0.1) is 23.1 Å². The standard InChI is InChI=1S/C13H18N2OS2/c1-17-12-9(14)11(10(16)8-4-5-8)18-13(12)15-6-7-2-3-7/h7-8,15H,2-6,14H2,1H3. The van der Waals surface area contributed by atoms with Gasteiger partial charge in [0.2, 0.25) is 0 Å². The highest BCUT2D eigenvalue weighted by molar-refractivity contribution is 7.99. The molecule has 98 valence electrons. The van der Waals surface area contributed by atoms with E-state index in [4.69, 9.17) is 5.73 Å². The molecule has 2 saturated carbocycles. The minimum atomic E-state index is 0.247. The molecule has 1 aromatic heterocycles. The maximum atomic E-state index is 12.2. The molecule has 0 amide bonds. The van der Waals surface area contributed by atoms with Crippen LogP contribution in [-0.2, 0) is 0 Å². The second kappa shape index (κ2) is 4.78. The van der Waals surface area contributed by atoms with Crippen LogP contribution in [0.15, 0.2) is 4.90 Å². The third kappa shape index (κ3) is 2.38. The molecule has 0 bridgehead atoms. The zero-order valence-electron chi connectivity index (χ0n) is 10.5. The Morgan fingerprint density at radius 2 is 2.17 bits per heavy atom. The van der Waals surface area contributed by atoms with E-state index in [1.165, 1.54) is 12.8 Å². The third-order valence-electron chi connectivity index (χ3n) is 3.52. The number of hydrogen-bond acceptors (Lipinski definition) is 5. The average Bonchev–Trinajstić information content (AvgIpc) is 3.25. The smallest absolute Gasteiger partial charge is 0.178 e. The molecule has 3 N–H and O–H groups in total. The topological polar surface area (TPSA) is 55.1 Å². The predicted octanol–water partition coefficient (Wildman–Crippen LogP) is 3.47. The largest absolute Gasteiger partial charge is 0.396 e. The first-order valence-corrected chi connectivity index (χ1v) is 8.49. The predicted molar refractivity (Wildman–Crippen MR) is 78.8 cm³/mol. The van der Waals surface area contributed by atoms with Crippen LogP contribution in [0, 0.1) is 11.8 Å². The number of carbonyl (C=O) groups excluding carboxylic acids is 1. The second-order valence-electron chi connectivity index (χ2n) is 5.17. The molecule has 5 heteroatoms. The van der Waals surface area contributed by atoms with Gasteiger partial charge >= 0.3 is 0 Å². The van der Waals surface area contributed by atoms with E-state index in [9.17, 15) is 4.79 Å². The lowest BCUT2D eigenvalue weighted by molar-refractivity contribution is 0.0972. The molecule has 0 spiro atoms. The van der Waals surface area contributed by atoms with Gasteiger partial charge in [0, 0.05) is 12.5 Å². The van der Waals surface area contributed by atoms with E-state index >= 15 is 0 Å². The van der Waals surface area contributed by atoms with Crippen molar-refractivity contribution in [1.82, 2.24) is 0 Å². The summed E-state index contributed by atoms with van der Waals surface area (Å²) in [5.41, 5.74) is 6.83. The van der Waals surface area contributed by atoms with E-state index in [2.05, 4.69) is 5.32 Å². The first-order valence-electron chi connectivity index (χ1n) is 6.45. The van der Waals surface area contributed by atoms with Gasteiger partial charge in [0.1, 0.15) is 5.00 Å². The molecule has 0 radical (unpaired) electrons. The number of carbonyl (C=O) groups is 1. The molecular formula is C13H18N2OS2. The number of thioether (sulfide) groups is 1. The number of nitrogens with one attached hydrogen (secondary N) is 1. The van der Waals surface area contributed by atoms with Gasteiger partial charge in [-0.3, -0.25) is 4.79 Å². The van der Waals surface area contributed by atoms with Gasteiger partial charge in [-0.05, 0) is 37.9 Å². The minimum Gasteiger partial charge on any atom is -0.396 e. The van der Waals surface area contributed by atoms with Crippen LogP contribution in [0.3, 0.4) is 0 Å². The maximum absolute atomic E-state index is 12.2. The van der Waals surface area contributed by atoms with E-state index in [1.807, 2.05) is 6.26 Å². The molecule has 3 rings (SSSR count). The lowest BCUT2D eigenvalue weighted by atomic mass is 10.2. The molecule has 0 aromatic carbocycles. The fourth-order valence-corrected chi connectivity index (χ4v) is 4.08. The van der Waals surface area contributed by atoms with E-state index in [0.717, 1.165) is 40.1 Å². The summed E-state index contributed by atoms with van der Waals surface area (Å²) in [5.74, 6) is 1.33. The quantitative estimate of drug-likeness (QED) is 0.619. The van der Waals surface area contributed by atoms with Crippen LogP contribution in [0.4, 0.5) is 10.7 Å². The fraction of sp³-hybridized carbons (Fsp3) is 0.615. The molecule has 0 aliphatic heterocycles. The lowest BCUT2D eigenvalue weighted by Crippen LogP contribution is -2.02. The normalized spacial score (nSPS) is 18.9. The van der Waals surface area contributed by atoms with Crippen molar-refractivity contribution in [3.8, 4) is 0 Å². The Kier molecular flexibility index (Phi) is 3.28. The van der Waals surface area contributed by atoms with Gasteiger partial charge in [0.25, 0.3) is 0 Å². The Bertz CT molecular complexity index is 476. The number of rotatable bonds is 6. The summed E-state index contributed by atoms with van der Waals surface area (Å²) < 4.78 is 0. The summed E-state index contributed by atoms with van der Waals surface area (Å²) in [4.78, 5) is 14.0. The van der Waals surface area contributed by atoms with Crippen molar-refractivity contribution in [2.45, 2.75) is 30.6 Å². The second-order valence-corrected chi connectivity index (χ2v) is 7.01.